The Hall–Kier alpha value is -3.64. The van der Waals surface area contributed by atoms with E-state index < -0.39 is 11.8 Å². The lowest BCUT2D eigenvalue weighted by molar-refractivity contribution is 0.159. The van der Waals surface area contributed by atoms with Crippen molar-refractivity contribution >= 4 is 29.0 Å². The van der Waals surface area contributed by atoms with Crippen LogP contribution in [0.5, 0.6) is 0 Å². The number of rotatable bonds is 8. The lowest BCUT2D eigenvalue weighted by atomic mass is 9.96. The number of hydrogen-bond acceptors (Lipinski definition) is 6. The Balaban J connectivity index is 1.40. The average Bonchev–Trinajstić information content (AvgIpc) is 3.64. The number of quaternary nitrogens is 1. The van der Waals surface area contributed by atoms with E-state index in [0.29, 0.717) is 48.4 Å². The number of carbonyl (C=O) groups excluding carboxylic acids is 1. The fraction of sp³-hybridized carbons (Fsp3) is 0.308. The lowest BCUT2D eigenvalue weighted by Crippen LogP contribution is -2.50. The van der Waals surface area contributed by atoms with Gasteiger partial charge in [-0.1, -0.05) is 34.9 Å². The number of pyridine rings is 1. The smallest absolute Gasteiger partial charge is 0.323 e. The molecule has 1 aromatic carbocycles. The maximum absolute atomic E-state index is 14.0. The number of carbonyl (C=O) groups is 1. The van der Waals surface area contributed by atoms with Crippen LogP contribution in [0.1, 0.15) is 17.0 Å². The molecule has 3 atom stereocenters. The Kier molecular flexibility index (Phi) is 7.52. The standard InChI is InChI=1S/C26H28ClFN8O2/c1-36(20-6-4-3-5-7-20)25(23(27)24(34-36)18-12-30-31-13-18)33-26(37)32-22-16-35(8-9-38-2)15-21(22)17-10-19(28)14-29-11-17/h3-7,10-14,21-22H,8-9,15-16H2,1-2H3,(H2-,30,31,32,33,34,37)/p+1/t21-,22+,36?/m0/s1. The molecule has 2 aromatic heterocycles. The van der Waals surface area contributed by atoms with Crippen LogP contribution in [0.15, 0.2) is 77.1 Å². The molecule has 3 aromatic rings. The van der Waals surface area contributed by atoms with E-state index in [1.165, 1.54) is 12.3 Å². The zero-order chi connectivity index (χ0) is 26.7. The number of hydrogen-bond donors (Lipinski definition) is 3. The zero-order valence-electron chi connectivity index (χ0n) is 21.1. The quantitative estimate of drug-likeness (QED) is 0.381. The monoisotopic (exact) mass is 539 g/mol. The van der Waals surface area contributed by atoms with Crippen LogP contribution in [-0.4, -0.2) is 78.3 Å². The van der Waals surface area contributed by atoms with Crippen LogP contribution in [-0.2, 0) is 4.74 Å². The number of methoxy groups -OCH3 is 1. The number of nitrogens with zero attached hydrogens (tertiary/aromatic N) is 5. The minimum Gasteiger partial charge on any atom is -0.383 e. The molecule has 2 aliphatic heterocycles. The maximum Gasteiger partial charge on any atom is 0.323 e. The Bertz CT molecular complexity index is 1350. The molecule has 12 heteroatoms. The molecule has 1 unspecified atom stereocenters. The number of allylic oxidation sites excluding steroid dienone is 1. The van der Waals surface area contributed by atoms with E-state index in [2.05, 4.69) is 30.7 Å². The van der Waals surface area contributed by atoms with Crippen molar-refractivity contribution in [2.24, 2.45) is 5.10 Å². The van der Waals surface area contributed by atoms with Crippen molar-refractivity contribution in [1.29, 1.82) is 0 Å². The van der Waals surface area contributed by atoms with E-state index in [9.17, 15) is 9.18 Å². The van der Waals surface area contributed by atoms with E-state index in [1.54, 1.807) is 25.7 Å². The van der Waals surface area contributed by atoms with Gasteiger partial charge in [0.25, 0.3) is 5.82 Å². The van der Waals surface area contributed by atoms with Crippen LogP contribution >= 0.6 is 11.6 Å². The van der Waals surface area contributed by atoms with Crippen molar-refractivity contribution in [3.63, 3.8) is 0 Å². The first-order chi connectivity index (χ1) is 18.4. The van der Waals surface area contributed by atoms with Crippen LogP contribution in [0.2, 0.25) is 0 Å². The predicted octanol–water partition coefficient (Wildman–Crippen LogP) is 3.12. The number of benzene rings is 1. The van der Waals surface area contributed by atoms with E-state index in [1.807, 2.05) is 37.4 Å². The van der Waals surface area contributed by atoms with Gasteiger partial charge in [-0.05, 0) is 11.6 Å². The average molecular weight is 540 g/mol. The summed E-state index contributed by atoms with van der Waals surface area (Å²) in [6.07, 6.45) is 6.14. The second-order valence-electron chi connectivity index (χ2n) is 9.39. The molecule has 0 saturated carbocycles. The highest BCUT2D eigenvalue weighted by atomic mass is 35.5. The minimum absolute atomic E-state index is 0.0878. The van der Waals surface area contributed by atoms with Gasteiger partial charge in [-0.15, -0.1) is 4.59 Å². The van der Waals surface area contributed by atoms with Gasteiger partial charge in [-0.2, -0.15) is 5.10 Å². The molecule has 0 spiro atoms. The number of likely N-dealkylation sites (tertiary alicyclic amines) is 1. The maximum atomic E-state index is 14.0. The van der Waals surface area contributed by atoms with Gasteiger partial charge in [0.15, 0.2) is 16.4 Å². The third kappa shape index (κ3) is 5.18. The number of aromatic amines is 1. The lowest BCUT2D eigenvalue weighted by Gasteiger charge is -2.27. The van der Waals surface area contributed by atoms with Crippen LogP contribution in [0.25, 0.3) is 0 Å². The van der Waals surface area contributed by atoms with Gasteiger partial charge in [-0.3, -0.25) is 20.3 Å². The number of para-hydroxylation sites is 1. The third-order valence-corrected chi connectivity index (χ3v) is 7.25. The topological polar surface area (TPSA) is 108 Å². The molecule has 0 radical (unpaired) electrons. The number of halogens is 2. The van der Waals surface area contributed by atoms with E-state index >= 15 is 0 Å². The molecular weight excluding hydrogens is 511 g/mol. The first-order valence-electron chi connectivity index (χ1n) is 12.2. The van der Waals surface area contributed by atoms with Crippen LogP contribution < -0.4 is 15.2 Å². The number of amides is 2. The highest BCUT2D eigenvalue weighted by Gasteiger charge is 2.44. The SMILES string of the molecule is COCCN1C[C@@H](NC(=O)NC2=C(Cl)C(c3cn[nH]c3)=N[N+]2(C)c2ccccc2)[C@H](c2cncc(F)c2)C1. The minimum atomic E-state index is -0.435. The molecule has 198 valence electrons. The molecule has 3 N–H and O–H groups in total. The van der Waals surface area contributed by atoms with Crippen LogP contribution in [0.4, 0.5) is 14.9 Å². The molecule has 2 aliphatic rings. The van der Waals surface area contributed by atoms with E-state index in [-0.39, 0.29) is 16.6 Å². The van der Waals surface area contributed by atoms with E-state index in [0.717, 1.165) is 11.3 Å². The fourth-order valence-electron chi connectivity index (χ4n) is 4.95. The molecule has 1 saturated heterocycles. The van der Waals surface area contributed by atoms with Crippen LogP contribution in [0.3, 0.4) is 0 Å². The summed E-state index contributed by atoms with van der Waals surface area (Å²) in [5, 5.41) is 18.0. The van der Waals surface area contributed by atoms with Gasteiger partial charge < -0.3 is 10.1 Å². The van der Waals surface area contributed by atoms with Gasteiger partial charge in [-0.25, -0.2) is 9.18 Å². The predicted molar refractivity (Wildman–Crippen MR) is 143 cm³/mol. The number of urea groups is 1. The second kappa shape index (κ2) is 11.0. The number of nitrogens with one attached hydrogen (secondary N) is 3. The molecule has 0 bridgehead atoms. The molecular formula is C26H29ClFN8O2+. The van der Waals surface area contributed by atoms with Crippen molar-refractivity contribution in [3.05, 3.63) is 89.0 Å². The van der Waals surface area contributed by atoms with Crippen molar-refractivity contribution in [3.8, 4) is 0 Å². The first-order valence-corrected chi connectivity index (χ1v) is 12.6. The largest absolute Gasteiger partial charge is 0.383 e. The molecule has 0 aliphatic carbocycles. The molecule has 2 amide bonds. The summed E-state index contributed by atoms with van der Waals surface area (Å²) in [4.78, 5) is 19.6. The van der Waals surface area contributed by atoms with Gasteiger partial charge in [0.05, 0.1) is 25.0 Å². The summed E-state index contributed by atoms with van der Waals surface area (Å²) in [5.41, 5.74) is 2.76. The molecule has 4 heterocycles. The van der Waals surface area contributed by atoms with Crippen molar-refractivity contribution < 1.29 is 13.9 Å². The summed E-state index contributed by atoms with van der Waals surface area (Å²) >= 11 is 6.83. The molecule has 1 fully saturated rings. The summed E-state index contributed by atoms with van der Waals surface area (Å²) in [7, 11) is 3.50. The fourth-order valence-corrected chi connectivity index (χ4v) is 5.30. The van der Waals surface area contributed by atoms with Crippen LogP contribution in [0, 0.1) is 5.82 Å². The summed E-state index contributed by atoms with van der Waals surface area (Å²) in [6, 6.07) is 10.3. The summed E-state index contributed by atoms with van der Waals surface area (Å²) in [5.74, 6) is -0.157. The second-order valence-corrected chi connectivity index (χ2v) is 9.77. The van der Waals surface area contributed by atoms with Crippen molar-refractivity contribution in [1.82, 2.24) is 35.3 Å². The Morgan fingerprint density at radius 2 is 2.08 bits per heavy atom. The zero-order valence-corrected chi connectivity index (χ0v) is 21.8. The van der Waals surface area contributed by atoms with Crippen molar-refractivity contribution in [2.75, 3.05) is 40.4 Å². The third-order valence-electron chi connectivity index (χ3n) is 6.89. The van der Waals surface area contributed by atoms with E-state index in [4.69, 9.17) is 21.4 Å². The molecule has 10 nitrogen and oxygen atoms in total. The molecule has 38 heavy (non-hydrogen) atoms. The number of H-pyrrole nitrogens is 1. The molecule has 5 rings (SSSR count). The van der Waals surface area contributed by atoms with Gasteiger partial charge in [0.2, 0.25) is 0 Å². The Morgan fingerprint density at radius 3 is 2.79 bits per heavy atom. The summed E-state index contributed by atoms with van der Waals surface area (Å²) < 4.78 is 19.1. The van der Waals surface area contributed by atoms with Gasteiger partial charge in [0.1, 0.15) is 12.9 Å². The van der Waals surface area contributed by atoms with Crippen molar-refractivity contribution in [2.45, 2.75) is 12.0 Å². The summed E-state index contributed by atoms with van der Waals surface area (Å²) in [6.45, 7) is 2.45. The normalized spacial score (nSPS) is 23.5. The Morgan fingerprint density at radius 1 is 1.26 bits per heavy atom. The van der Waals surface area contributed by atoms with Gasteiger partial charge in [0, 0.05) is 62.8 Å². The number of aromatic nitrogens is 3. The van der Waals surface area contributed by atoms with Gasteiger partial charge >= 0.3 is 6.03 Å². The highest BCUT2D eigenvalue weighted by Crippen LogP contribution is 2.36. The first kappa shape index (κ1) is 26.0. The Labute approximate surface area is 224 Å². The number of ether oxygens (including phenoxy) is 1. The highest BCUT2D eigenvalue weighted by molar-refractivity contribution is 6.47.